The van der Waals surface area contributed by atoms with Gasteiger partial charge in [0.25, 0.3) is 0 Å². The van der Waals surface area contributed by atoms with Crippen LogP contribution in [0.1, 0.15) is 40.7 Å². The highest BCUT2D eigenvalue weighted by atomic mass is 32.1. The van der Waals surface area contributed by atoms with Crippen LogP contribution >= 0.6 is 11.3 Å². The molecule has 2 aromatic rings. The Balaban J connectivity index is 1.57. The first-order valence-electron chi connectivity index (χ1n) is 8.46. The maximum absolute atomic E-state index is 12.4. The van der Waals surface area contributed by atoms with Crippen LogP contribution in [-0.4, -0.2) is 36.5 Å². The molecule has 2 heterocycles. The van der Waals surface area contributed by atoms with Gasteiger partial charge in [-0.05, 0) is 61.5 Å². The molecule has 1 aliphatic rings. The van der Waals surface area contributed by atoms with Crippen molar-refractivity contribution in [1.82, 2.24) is 4.90 Å². The number of esters is 1. The van der Waals surface area contributed by atoms with Crippen LogP contribution in [0.15, 0.2) is 35.7 Å². The summed E-state index contributed by atoms with van der Waals surface area (Å²) in [4.78, 5) is 27.6. The molecule has 1 aliphatic heterocycles. The van der Waals surface area contributed by atoms with E-state index in [1.165, 1.54) is 10.4 Å². The third-order valence-electron chi connectivity index (χ3n) is 4.43. The van der Waals surface area contributed by atoms with Crippen LogP contribution in [0.4, 0.5) is 5.69 Å². The number of nitrogens with one attached hydrogen (secondary N) is 1. The summed E-state index contributed by atoms with van der Waals surface area (Å²) in [5.41, 5.74) is 2.50. The van der Waals surface area contributed by atoms with Gasteiger partial charge in [0.05, 0.1) is 18.7 Å². The number of thiophene rings is 1. The Labute approximate surface area is 151 Å². The average Bonchev–Trinajstić information content (AvgIpc) is 3.08. The van der Waals surface area contributed by atoms with Gasteiger partial charge < -0.3 is 10.1 Å². The average molecular weight is 358 g/mol. The quantitative estimate of drug-likeness (QED) is 0.832. The van der Waals surface area contributed by atoms with Gasteiger partial charge in [0.2, 0.25) is 5.91 Å². The summed E-state index contributed by atoms with van der Waals surface area (Å²) in [6, 6.07) is 9.18. The van der Waals surface area contributed by atoms with Gasteiger partial charge in [0.1, 0.15) is 0 Å². The fourth-order valence-electron chi connectivity index (χ4n) is 3.07. The Bertz CT molecular complexity index is 754. The molecule has 25 heavy (non-hydrogen) atoms. The molecule has 0 unspecified atom stereocenters. The number of carbonyl (C=O) groups is 2. The van der Waals surface area contributed by atoms with Crippen molar-refractivity contribution >= 4 is 28.9 Å². The fraction of sp³-hybridized carbons (Fsp3) is 0.368. The molecule has 0 bridgehead atoms. The Morgan fingerprint density at radius 1 is 1.28 bits per heavy atom. The molecule has 0 fully saturated rings. The van der Waals surface area contributed by atoms with Crippen molar-refractivity contribution < 1.29 is 14.3 Å². The topological polar surface area (TPSA) is 58.6 Å². The monoisotopic (exact) mass is 358 g/mol. The van der Waals surface area contributed by atoms with Crippen LogP contribution in [0.25, 0.3) is 0 Å². The smallest absolute Gasteiger partial charge is 0.338 e. The molecule has 1 amide bonds. The number of carbonyl (C=O) groups excluding carboxylic acids is 2. The van der Waals surface area contributed by atoms with Gasteiger partial charge in [0.15, 0.2) is 0 Å². The van der Waals surface area contributed by atoms with Crippen LogP contribution in [-0.2, 0) is 16.0 Å². The lowest BCUT2D eigenvalue weighted by Crippen LogP contribution is -2.39. The molecule has 3 rings (SSSR count). The van der Waals surface area contributed by atoms with Crippen LogP contribution in [0.5, 0.6) is 0 Å². The van der Waals surface area contributed by atoms with Gasteiger partial charge in [-0.15, -0.1) is 11.3 Å². The van der Waals surface area contributed by atoms with Gasteiger partial charge >= 0.3 is 5.97 Å². The summed E-state index contributed by atoms with van der Waals surface area (Å²) in [6.07, 6.45) is 0.999. The predicted molar refractivity (Wildman–Crippen MR) is 99.0 cm³/mol. The molecule has 0 saturated carbocycles. The number of hydrogen-bond acceptors (Lipinski definition) is 5. The first-order chi connectivity index (χ1) is 12.1. The standard InChI is InChI=1S/C19H22N2O3S/c1-3-24-19(23)14-4-6-15(7-5-14)20-18(22)12-21-10-8-17-16(13(21)2)9-11-25-17/h4-7,9,11,13H,3,8,10,12H2,1-2H3,(H,20,22)/t13-/m1/s1. The van der Waals surface area contributed by atoms with E-state index in [-0.39, 0.29) is 17.9 Å². The van der Waals surface area contributed by atoms with E-state index in [9.17, 15) is 9.59 Å². The Hall–Kier alpha value is -2.18. The molecule has 1 aromatic heterocycles. The van der Waals surface area contributed by atoms with E-state index in [1.807, 2.05) is 0 Å². The van der Waals surface area contributed by atoms with Gasteiger partial charge in [-0.3, -0.25) is 9.69 Å². The van der Waals surface area contributed by atoms with E-state index >= 15 is 0 Å². The molecule has 1 aromatic carbocycles. The molecule has 132 valence electrons. The van der Waals surface area contributed by atoms with Crippen molar-refractivity contribution in [3.8, 4) is 0 Å². The van der Waals surface area contributed by atoms with Gasteiger partial charge in [0, 0.05) is 23.2 Å². The number of fused-ring (bicyclic) bond motifs is 1. The summed E-state index contributed by atoms with van der Waals surface area (Å²) in [6.45, 7) is 5.51. The van der Waals surface area contributed by atoms with Crippen LogP contribution < -0.4 is 5.32 Å². The molecular weight excluding hydrogens is 336 g/mol. The SMILES string of the molecule is CCOC(=O)c1ccc(NC(=O)CN2CCc3sccc3[C@H]2C)cc1. The normalized spacial score (nSPS) is 17.0. The highest BCUT2D eigenvalue weighted by Gasteiger charge is 2.26. The van der Waals surface area contributed by atoms with E-state index in [0.717, 1.165) is 13.0 Å². The maximum Gasteiger partial charge on any atom is 0.338 e. The minimum atomic E-state index is -0.353. The molecule has 0 aliphatic carbocycles. The lowest BCUT2D eigenvalue weighted by atomic mass is 10.0. The molecule has 0 saturated heterocycles. The number of ether oxygens (including phenoxy) is 1. The summed E-state index contributed by atoms with van der Waals surface area (Å²) < 4.78 is 4.95. The second-order valence-corrected chi connectivity index (χ2v) is 7.04. The third kappa shape index (κ3) is 4.08. The zero-order valence-corrected chi connectivity index (χ0v) is 15.3. The number of rotatable bonds is 5. The molecule has 6 heteroatoms. The summed E-state index contributed by atoms with van der Waals surface area (Å²) in [5, 5.41) is 5.02. The van der Waals surface area contributed by atoms with E-state index in [2.05, 4.69) is 28.6 Å². The first-order valence-corrected chi connectivity index (χ1v) is 9.33. The minimum absolute atomic E-state index is 0.0468. The third-order valence-corrected chi connectivity index (χ3v) is 5.43. The van der Waals surface area contributed by atoms with Gasteiger partial charge in [-0.25, -0.2) is 4.79 Å². The summed E-state index contributed by atoms with van der Waals surface area (Å²) in [5.74, 6) is -0.400. The molecule has 1 N–H and O–H groups in total. The van der Waals surface area contributed by atoms with E-state index in [1.54, 1.807) is 42.5 Å². The van der Waals surface area contributed by atoms with E-state index in [4.69, 9.17) is 4.74 Å². The Kier molecular flexibility index (Phi) is 5.50. The highest BCUT2D eigenvalue weighted by molar-refractivity contribution is 7.10. The van der Waals surface area contributed by atoms with Crippen molar-refractivity contribution in [2.75, 3.05) is 25.0 Å². The van der Waals surface area contributed by atoms with Gasteiger partial charge in [-0.2, -0.15) is 0 Å². The zero-order valence-electron chi connectivity index (χ0n) is 14.5. The first kappa shape index (κ1) is 17.6. The van der Waals surface area contributed by atoms with Crippen LogP contribution in [0, 0.1) is 0 Å². The Morgan fingerprint density at radius 3 is 2.76 bits per heavy atom. The van der Waals surface area contributed by atoms with Crippen molar-refractivity contribution in [3.05, 3.63) is 51.7 Å². The van der Waals surface area contributed by atoms with Crippen molar-refractivity contribution in [2.24, 2.45) is 0 Å². The van der Waals surface area contributed by atoms with Crippen molar-refractivity contribution in [3.63, 3.8) is 0 Å². The largest absolute Gasteiger partial charge is 0.462 e. The number of amides is 1. The summed E-state index contributed by atoms with van der Waals surface area (Å²) in [7, 11) is 0. The van der Waals surface area contributed by atoms with Crippen LogP contribution in [0.3, 0.4) is 0 Å². The number of anilines is 1. The number of benzene rings is 1. The number of nitrogens with zero attached hydrogens (tertiary/aromatic N) is 1. The predicted octanol–water partition coefficient (Wildman–Crippen LogP) is 3.48. The summed E-state index contributed by atoms with van der Waals surface area (Å²) >= 11 is 1.79. The molecular formula is C19H22N2O3S. The number of hydrogen-bond donors (Lipinski definition) is 1. The fourth-order valence-corrected chi connectivity index (χ4v) is 4.03. The van der Waals surface area contributed by atoms with Crippen molar-refractivity contribution in [1.29, 1.82) is 0 Å². The lowest BCUT2D eigenvalue weighted by Gasteiger charge is -2.32. The minimum Gasteiger partial charge on any atom is -0.462 e. The molecule has 0 radical (unpaired) electrons. The molecule has 5 nitrogen and oxygen atoms in total. The zero-order chi connectivity index (χ0) is 17.8. The van der Waals surface area contributed by atoms with E-state index in [0.29, 0.717) is 24.4 Å². The molecule has 1 atom stereocenters. The second kappa shape index (κ2) is 7.80. The lowest BCUT2D eigenvalue weighted by molar-refractivity contribution is -0.117. The van der Waals surface area contributed by atoms with Crippen LogP contribution in [0.2, 0.25) is 0 Å². The highest BCUT2D eigenvalue weighted by Crippen LogP contribution is 2.32. The Morgan fingerprint density at radius 2 is 2.04 bits per heavy atom. The molecule has 0 spiro atoms. The maximum atomic E-state index is 12.4. The van der Waals surface area contributed by atoms with E-state index < -0.39 is 0 Å². The van der Waals surface area contributed by atoms with Crippen molar-refractivity contribution in [2.45, 2.75) is 26.3 Å². The van der Waals surface area contributed by atoms with Gasteiger partial charge in [-0.1, -0.05) is 0 Å². The second-order valence-electron chi connectivity index (χ2n) is 6.04.